The van der Waals surface area contributed by atoms with Crippen LogP contribution in [0.5, 0.6) is 0 Å². The fourth-order valence-corrected chi connectivity index (χ4v) is 4.24. The third-order valence-electron chi connectivity index (χ3n) is 5.41. The van der Waals surface area contributed by atoms with E-state index in [1.165, 1.54) is 36.1 Å². The minimum atomic E-state index is 0.703. The van der Waals surface area contributed by atoms with Gasteiger partial charge in [-0.05, 0) is 43.5 Å². The molecule has 20 heavy (non-hydrogen) atoms. The van der Waals surface area contributed by atoms with E-state index in [2.05, 4.69) is 59.2 Å². The molecule has 1 aromatic carbocycles. The Morgan fingerprint density at radius 3 is 2.95 bits per heavy atom. The van der Waals surface area contributed by atoms with Gasteiger partial charge in [-0.2, -0.15) is 0 Å². The number of fused-ring (bicyclic) bond motifs is 2. The number of benzene rings is 1. The molecule has 0 saturated carbocycles. The van der Waals surface area contributed by atoms with Crippen molar-refractivity contribution in [2.75, 3.05) is 19.6 Å². The molecule has 0 radical (unpaired) electrons. The fraction of sp³-hybridized carbons (Fsp3) is 0.529. The number of aryl methyl sites for hydroxylation is 1. The number of aromatic nitrogens is 1. The van der Waals surface area contributed by atoms with E-state index in [-0.39, 0.29) is 0 Å². The Morgan fingerprint density at radius 1 is 1.25 bits per heavy atom. The van der Waals surface area contributed by atoms with E-state index in [9.17, 15) is 0 Å². The van der Waals surface area contributed by atoms with Crippen LogP contribution in [0.25, 0.3) is 10.9 Å². The molecular formula is C17H23N3. The summed E-state index contributed by atoms with van der Waals surface area (Å²) in [7, 11) is 2.15. The van der Waals surface area contributed by atoms with Gasteiger partial charge in [0.1, 0.15) is 0 Å². The number of likely N-dealkylation sites (tertiary alicyclic amines) is 1. The lowest BCUT2D eigenvalue weighted by Gasteiger charge is -2.24. The second-order valence-corrected chi connectivity index (χ2v) is 6.53. The van der Waals surface area contributed by atoms with Crippen molar-refractivity contribution in [1.82, 2.24) is 14.8 Å². The molecule has 2 saturated heterocycles. The van der Waals surface area contributed by atoms with E-state index in [1.807, 2.05) is 0 Å². The lowest BCUT2D eigenvalue weighted by molar-refractivity contribution is 0.232. The second-order valence-electron chi connectivity index (χ2n) is 6.53. The molecule has 3 atom stereocenters. The van der Waals surface area contributed by atoms with E-state index >= 15 is 0 Å². The SMILES string of the molecule is CC1C2CNCC2CN1Cc1cn(C)c2ccccc12. The summed E-state index contributed by atoms with van der Waals surface area (Å²) in [5.74, 6) is 1.71. The summed E-state index contributed by atoms with van der Waals surface area (Å²) in [6.45, 7) is 7.17. The van der Waals surface area contributed by atoms with E-state index in [1.54, 1.807) is 0 Å². The monoisotopic (exact) mass is 269 g/mol. The van der Waals surface area contributed by atoms with Gasteiger partial charge in [0.05, 0.1) is 0 Å². The number of nitrogens with one attached hydrogen (secondary N) is 1. The van der Waals surface area contributed by atoms with Crippen molar-refractivity contribution < 1.29 is 0 Å². The van der Waals surface area contributed by atoms with Crippen LogP contribution in [0.2, 0.25) is 0 Å². The molecule has 0 bridgehead atoms. The molecule has 3 unspecified atom stereocenters. The second kappa shape index (κ2) is 4.61. The highest BCUT2D eigenvalue weighted by Crippen LogP contribution is 2.34. The van der Waals surface area contributed by atoms with Crippen molar-refractivity contribution in [2.24, 2.45) is 18.9 Å². The van der Waals surface area contributed by atoms with Gasteiger partial charge in [0, 0.05) is 43.3 Å². The smallest absolute Gasteiger partial charge is 0.0481 e. The minimum absolute atomic E-state index is 0.703. The third-order valence-corrected chi connectivity index (χ3v) is 5.41. The molecule has 3 heterocycles. The van der Waals surface area contributed by atoms with Crippen LogP contribution in [-0.4, -0.2) is 35.1 Å². The fourth-order valence-electron chi connectivity index (χ4n) is 4.24. The van der Waals surface area contributed by atoms with Crippen LogP contribution in [0.15, 0.2) is 30.5 Å². The molecule has 1 aromatic heterocycles. The summed E-state index contributed by atoms with van der Waals surface area (Å²) in [4.78, 5) is 2.68. The minimum Gasteiger partial charge on any atom is -0.350 e. The Bertz CT molecular complexity index is 630. The summed E-state index contributed by atoms with van der Waals surface area (Å²) in [5.41, 5.74) is 2.82. The largest absolute Gasteiger partial charge is 0.350 e. The number of rotatable bonds is 2. The Balaban J connectivity index is 1.62. The zero-order valence-corrected chi connectivity index (χ0v) is 12.3. The predicted molar refractivity (Wildman–Crippen MR) is 82.6 cm³/mol. The lowest BCUT2D eigenvalue weighted by atomic mass is 9.95. The van der Waals surface area contributed by atoms with Crippen LogP contribution in [0.1, 0.15) is 12.5 Å². The first kappa shape index (κ1) is 12.4. The zero-order chi connectivity index (χ0) is 13.7. The Kier molecular flexibility index (Phi) is 2.86. The van der Waals surface area contributed by atoms with Gasteiger partial charge in [-0.25, -0.2) is 0 Å². The highest BCUT2D eigenvalue weighted by molar-refractivity contribution is 5.83. The van der Waals surface area contributed by atoms with Gasteiger partial charge in [0.15, 0.2) is 0 Å². The van der Waals surface area contributed by atoms with Crippen LogP contribution >= 0.6 is 0 Å². The Hall–Kier alpha value is -1.32. The van der Waals surface area contributed by atoms with Crippen molar-refractivity contribution in [3.05, 3.63) is 36.0 Å². The number of nitrogens with zero attached hydrogens (tertiary/aromatic N) is 2. The standard InChI is InChI=1S/C17H23N3/c1-12-16-8-18-7-13(16)10-20(12)11-14-9-19(2)17-6-4-3-5-15(14)17/h3-6,9,12-13,16,18H,7-8,10-11H2,1-2H3. The van der Waals surface area contributed by atoms with Crippen molar-refractivity contribution in [1.29, 1.82) is 0 Å². The Morgan fingerprint density at radius 2 is 2.10 bits per heavy atom. The molecule has 3 heteroatoms. The van der Waals surface area contributed by atoms with Crippen molar-refractivity contribution in [3.63, 3.8) is 0 Å². The van der Waals surface area contributed by atoms with Crippen LogP contribution in [-0.2, 0) is 13.6 Å². The van der Waals surface area contributed by atoms with Gasteiger partial charge in [0.25, 0.3) is 0 Å². The molecule has 2 aliphatic rings. The Labute approximate surface area is 120 Å². The van der Waals surface area contributed by atoms with Gasteiger partial charge in [0.2, 0.25) is 0 Å². The summed E-state index contributed by atoms with van der Waals surface area (Å²) in [5, 5.41) is 4.96. The molecule has 0 amide bonds. The molecule has 2 aromatic rings. The molecule has 3 nitrogen and oxygen atoms in total. The first-order chi connectivity index (χ1) is 9.74. The van der Waals surface area contributed by atoms with Crippen LogP contribution in [0, 0.1) is 11.8 Å². The predicted octanol–water partition coefficient (Wildman–Crippen LogP) is 2.22. The maximum absolute atomic E-state index is 3.54. The van der Waals surface area contributed by atoms with Crippen LogP contribution in [0.4, 0.5) is 0 Å². The summed E-state index contributed by atoms with van der Waals surface area (Å²) in [6, 6.07) is 9.45. The molecule has 0 spiro atoms. The summed E-state index contributed by atoms with van der Waals surface area (Å²) in [6.07, 6.45) is 2.31. The number of para-hydroxylation sites is 1. The zero-order valence-electron chi connectivity index (χ0n) is 12.3. The topological polar surface area (TPSA) is 20.2 Å². The van der Waals surface area contributed by atoms with Crippen LogP contribution in [0.3, 0.4) is 0 Å². The van der Waals surface area contributed by atoms with Gasteiger partial charge >= 0.3 is 0 Å². The normalized spacial score (nSPS) is 30.2. The quantitative estimate of drug-likeness (QED) is 0.902. The van der Waals surface area contributed by atoms with Gasteiger partial charge in [-0.3, -0.25) is 4.90 Å². The first-order valence-corrected chi connectivity index (χ1v) is 7.72. The van der Waals surface area contributed by atoms with E-state index in [0.29, 0.717) is 6.04 Å². The van der Waals surface area contributed by atoms with E-state index < -0.39 is 0 Å². The van der Waals surface area contributed by atoms with Crippen molar-refractivity contribution in [2.45, 2.75) is 19.5 Å². The first-order valence-electron chi connectivity index (χ1n) is 7.72. The van der Waals surface area contributed by atoms with Crippen LogP contribution < -0.4 is 5.32 Å². The highest BCUT2D eigenvalue weighted by Gasteiger charge is 2.41. The maximum atomic E-state index is 3.54. The molecule has 0 aliphatic carbocycles. The molecule has 2 aliphatic heterocycles. The highest BCUT2D eigenvalue weighted by atomic mass is 15.2. The van der Waals surface area contributed by atoms with Crippen molar-refractivity contribution in [3.8, 4) is 0 Å². The third kappa shape index (κ3) is 1.80. The molecular weight excluding hydrogens is 246 g/mol. The average molecular weight is 269 g/mol. The van der Waals surface area contributed by atoms with E-state index in [0.717, 1.165) is 18.4 Å². The van der Waals surface area contributed by atoms with Gasteiger partial charge < -0.3 is 9.88 Å². The molecule has 4 rings (SSSR count). The van der Waals surface area contributed by atoms with E-state index in [4.69, 9.17) is 0 Å². The molecule has 106 valence electrons. The number of hydrogen-bond donors (Lipinski definition) is 1. The molecule has 1 N–H and O–H groups in total. The summed E-state index contributed by atoms with van der Waals surface area (Å²) < 4.78 is 2.26. The lowest BCUT2D eigenvalue weighted by Crippen LogP contribution is -2.32. The number of hydrogen-bond acceptors (Lipinski definition) is 2. The summed E-state index contributed by atoms with van der Waals surface area (Å²) >= 11 is 0. The van der Waals surface area contributed by atoms with Crippen molar-refractivity contribution >= 4 is 10.9 Å². The van der Waals surface area contributed by atoms with Gasteiger partial charge in [-0.15, -0.1) is 0 Å². The maximum Gasteiger partial charge on any atom is 0.0481 e. The average Bonchev–Trinajstić information content (AvgIpc) is 3.10. The van der Waals surface area contributed by atoms with Gasteiger partial charge in [-0.1, -0.05) is 18.2 Å². The molecule has 2 fully saturated rings.